The standard InChI is InChI=1S/C14H12N4S/c15-12(19)8-11-14(10-4-3-6-16-9-10)17-13-5-1-2-7-18(11)13/h1-7,9H,8H2,(H2,15,19). The number of aromatic nitrogens is 3. The molecule has 94 valence electrons. The van der Waals surface area contributed by atoms with Crippen molar-refractivity contribution in [3.8, 4) is 11.3 Å². The summed E-state index contributed by atoms with van der Waals surface area (Å²) in [6.45, 7) is 0. The zero-order chi connectivity index (χ0) is 13.2. The first kappa shape index (κ1) is 11.8. The van der Waals surface area contributed by atoms with Crippen LogP contribution in [0.3, 0.4) is 0 Å². The van der Waals surface area contributed by atoms with Crippen LogP contribution in [0.25, 0.3) is 16.9 Å². The minimum atomic E-state index is 0.454. The SMILES string of the molecule is NC(=S)Cc1c(-c2cccnc2)nc2ccccn12. The number of nitrogens with two attached hydrogens (primary N) is 1. The van der Waals surface area contributed by atoms with Gasteiger partial charge in [-0.3, -0.25) is 4.98 Å². The van der Waals surface area contributed by atoms with Gasteiger partial charge >= 0.3 is 0 Å². The molecular formula is C14H12N4S. The molecule has 0 radical (unpaired) electrons. The van der Waals surface area contributed by atoms with Crippen molar-refractivity contribution in [3.05, 3.63) is 54.6 Å². The fourth-order valence-corrected chi connectivity index (χ4v) is 2.25. The normalized spacial score (nSPS) is 10.7. The van der Waals surface area contributed by atoms with E-state index in [2.05, 4.69) is 9.97 Å². The number of rotatable bonds is 3. The van der Waals surface area contributed by atoms with Crippen LogP contribution in [0.1, 0.15) is 5.69 Å². The number of thiocarbonyl (C=S) groups is 1. The van der Waals surface area contributed by atoms with Crippen LogP contribution in [0.5, 0.6) is 0 Å². The number of imidazole rings is 1. The van der Waals surface area contributed by atoms with E-state index in [0.29, 0.717) is 11.4 Å². The topological polar surface area (TPSA) is 56.2 Å². The first-order chi connectivity index (χ1) is 9.25. The molecule has 0 atom stereocenters. The van der Waals surface area contributed by atoms with Crippen molar-refractivity contribution in [2.24, 2.45) is 5.73 Å². The first-order valence-electron chi connectivity index (χ1n) is 5.90. The molecule has 0 bridgehead atoms. The molecule has 0 aromatic carbocycles. The average Bonchev–Trinajstić information content (AvgIpc) is 2.78. The third-order valence-corrected chi connectivity index (χ3v) is 3.05. The monoisotopic (exact) mass is 268 g/mol. The Balaban J connectivity index is 2.26. The molecule has 0 aliphatic heterocycles. The Hall–Kier alpha value is -2.27. The Bertz CT molecular complexity index is 734. The molecule has 0 spiro atoms. The maximum absolute atomic E-state index is 5.70. The second-order valence-electron chi connectivity index (χ2n) is 4.22. The number of nitrogens with zero attached hydrogens (tertiary/aromatic N) is 3. The highest BCUT2D eigenvalue weighted by Gasteiger charge is 2.14. The Morgan fingerprint density at radius 1 is 1.26 bits per heavy atom. The van der Waals surface area contributed by atoms with Crippen LogP contribution in [0.2, 0.25) is 0 Å². The Morgan fingerprint density at radius 2 is 2.16 bits per heavy atom. The minimum absolute atomic E-state index is 0.454. The Kier molecular flexibility index (Phi) is 2.97. The van der Waals surface area contributed by atoms with Crippen LogP contribution in [0.15, 0.2) is 48.9 Å². The van der Waals surface area contributed by atoms with E-state index in [1.165, 1.54) is 0 Å². The zero-order valence-corrected chi connectivity index (χ0v) is 11.0. The number of hydrogen-bond donors (Lipinski definition) is 1. The van der Waals surface area contributed by atoms with Gasteiger partial charge in [0.25, 0.3) is 0 Å². The van der Waals surface area contributed by atoms with Crippen molar-refractivity contribution in [2.75, 3.05) is 0 Å². The average molecular weight is 268 g/mol. The molecule has 0 aliphatic rings. The van der Waals surface area contributed by atoms with Crippen molar-refractivity contribution in [3.63, 3.8) is 0 Å². The summed E-state index contributed by atoms with van der Waals surface area (Å²) in [5.41, 5.74) is 9.43. The summed E-state index contributed by atoms with van der Waals surface area (Å²) in [6.07, 6.45) is 6.03. The van der Waals surface area contributed by atoms with Crippen LogP contribution in [-0.4, -0.2) is 19.4 Å². The quantitative estimate of drug-likeness (QED) is 0.740. The van der Waals surface area contributed by atoms with Gasteiger partial charge in [0.2, 0.25) is 0 Å². The van der Waals surface area contributed by atoms with E-state index >= 15 is 0 Å². The van der Waals surface area contributed by atoms with E-state index in [0.717, 1.165) is 22.6 Å². The van der Waals surface area contributed by atoms with Crippen LogP contribution in [0, 0.1) is 0 Å². The van der Waals surface area contributed by atoms with E-state index in [-0.39, 0.29) is 0 Å². The fourth-order valence-electron chi connectivity index (χ4n) is 2.11. The van der Waals surface area contributed by atoms with Crippen molar-refractivity contribution in [1.29, 1.82) is 0 Å². The summed E-state index contributed by atoms with van der Waals surface area (Å²) < 4.78 is 2.02. The number of fused-ring (bicyclic) bond motifs is 1. The van der Waals surface area contributed by atoms with Crippen molar-refractivity contribution >= 4 is 22.9 Å². The van der Waals surface area contributed by atoms with Gasteiger partial charge in [0.05, 0.1) is 16.4 Å². The molecule has 3 aromatic rings. The molecule has 0 saturated heterocycles. The summed E-state index contributed by atoms with van der Waals surface area (Å²) in [7, 11) is 0. The van der Waals surface area contributed by atoms with E-state index < -0.39 is 0 Å². The molecule has 0 fully saturated rings. The lowest BCUT2D eigenvalue weighted by atomic mass is 10.1. The highest BCUT2D eigenvalue weighted by atomic mass is 32.1. The summed E-state index contributed by atoms with van der Waals surface area (Å²) in [5.74, 6) is 0. The third-order valence-electron chi connectivity index (χ3n) is 2.91. The second-order valence-corrected chi connectivity index (χ2v) is 4.75. The van der Waals surface area contributed by atoms with Crippen LogP contribution in [0.4, 0.5) is 0 Å². The molecule has 4 nitrogen and oxygen atoms in total. The molecule has 19 heavy (non-hydrogen) atoms. The summed E-state index contributed by atoms with van der Waals surface area (Å²) >= 11 is 5.04. The van der Waals surface area contributed by atoms with E-state index in [9.17, 15) is 0 Å². The molecule has 0 unspecified atom stereocenters. The van der Waals surface area contributed by atoms with Gasteiger partial charge in [-0.2, -0.15) is 0 Å². The maximum atomic E-state index is 5.70. The lowest BCUT2D eigenvalue weighted by molar-refractivity contribution is 1.07. The van der Waals surface area contributed by atoms with Gasteiger partial charge in [0.1, 0.15) is 5.65 Å². The zero-order valence-electron chi connectivity index (χ0n) is 10.2. The molecular weight excluding hydrogens is 256 g/mol. The van der Waals surface area contributed by atoms with Crippen molar-refractivity contribution < 1.29 is 0 Å². The van der Waals surface area contributed by atoms with Gasteiger partial charge in [-0.15, -0.1) is 0 Å². The molecule has 0 aliphatic carbocycles. The summed E-state index contributed by atoms with van der Waals surface area (Å²) in [6, 6.07) is 9.76. The van der Waals surface area contributed by atoms with Crippen LogP contribution < -0.4 is 5.73 Å². The van der Waals surface area contributed by atoms with E-state index in [4.69, 9.17) is 18.0 Å². The molecule has 0 amide bonds. The summed E-state index contributed by atoms with van der Waals surface area (Å²) in [4.78, 5) is 9.24. The largest absolute Gasteiger partial charge is 0.393 e. The van der Waals surface area contributed by atoms with E-state index in [1.807, 2.05) is 40.9 Å². The Morgan fingerprint density at radius 3 is 2.89 bits per heavy atom. The number of pyridine rings is 2. The highest BCUT2D eigenvalue weighted by Crippen LogP contribution is 2.24. The molecule has 3 heterocycles. The predicted molar refractivity (Wildman–Crippen MR) is 78.9 cm³/mol. The molecule has 2 N–H and O–H groups in total. The van der Waals surface area contributed by atoms with Gasteiger partial charge in [0, 0.05) is 30.6 Å². The molecule has 0 saturated carbocycles. The van der Waals surface area contributed by atoms with Crippen LogP contribution >= 0.6 is 12.2 Å². The molecule has 3 aromatic heterocycles. The fraction of sp³-hybridized carbons (Fsp3) is 0.0714. The van der Waals surface area contributed by atoms with Crippen molar-refractivity contribution in [1.82, 2.24) is 14.4 Å². The lowest BCUT2D eigenvalue weighted by Crippen LogP contribution is -2.13. The van der Waals surface area contributed by atoms with Gasteiger partial charge < -0.3 is 10.1 Å². The minimum Gasteiger partial charge on any atom is -0.393 e. The van der Waals surface area contributed by atoms with Gasteiger partial charge in [0.15, 0.2) is 0 Å². The number of hydrogen-bond acceptors (Lipinski definition) is 3. The van der Waals surface area contributed by atoms with Gasteiger partial charge in [-0.05, 0) is 24.3 Å². The van der Waals surface area contributed by atoms with E-state index in [1.54, 1.807) is 12.4 Å². The van der Waals surface area contributed by atoms with Crippen LogP contribution in [-0.2, 0) is 6.42 Å². The molecule has 5 heteroatoms. The lowest BCUT2D eigenvalue weighted by Gasteiger charge is -2.03. The second kappa shape index (κ2) is 4.78. The van der Waals surface area contributed by atoms with Gasteiger partial charge in [-0.1, -0.05) is 18.3 Å². The van der Waals surface area contributed by atoms with Gasteiger partial charge in [-0.25, -0.2) is 4.98 Å². The van der Waals surface area contributed by atoms with Crippen molar-refractivity contribution in [2.45, 2.75) is 6.42 Å². The smallest absolute Gasteiger partial charge is 0.137 e. The maximum Gasteiger partial charge on any atom is 0.137 e. The Labute approximate surface area is 115 Å². The molecule has 3 rings (SSSR count). The highest BCUT2D eigenvalue weighted by molar-refractivity contribution is 7.80. The summed E-state index contributed by atoms with van der Waals surface area (Å²) in [5, 5.41) is 0. The predicted octanol–water partition coefficient (Wildman–Crippen LogP) is 2.22. The third kappa shape index (κ3) is 2.20. The first-order valence-corrected chi connectivity index (χ1v) is 6.31.